The van der Waals surface area contributed by atoms with Gasteiger partial charge in [0.15, 0.2) is 0 Å². The monoisotopic (exact) mass is 263 g/mol. The molecule has 0 radical (unpaired) electrons. The summed E-state index contributed by atoms with van der Waals surface area (Å²) < 4.78 is 5.16. The summed E-state index contributed by atoms with van der Waals surface area (Å²) in [6, 6.07) is 8.93. The lowest BCUT2D eigenvalue weighted by molar-refractivity contribution is 0.196. The molecule has 1 aliphatic heterocycles. The standard InChI is InChI=1S/C15H25N3O/c1-18-10-9-17-12-14(18)11-16-8-7-13-3-5-15(19-2)6-4-13/h3-6,14,16-17H,7-12H2,1-2H3. The maximum atomic E-state index is 5.16. The normalized spacial score (nSPS) is 20.4. The number of hydrogen-bond donors (Lipinski definition) is 2. The van der Waals surface area contributed by atoms with Crippen LogP contribution in [-0.4, -0.2) is 57.8 Å². The molecule has 0 aliphatic carbocycles. The van der Waals surface area contributed by atoms with Crippen LogP contribution in [0.1, 0.15) is 5.56 Å². The maximum absolute atomic E-state index is 5.16. The van der Waals surface area contributed by atoms with Gasteiger partial charge in [0.05, 0.1) is 7.11 Å². The van der Waals surface area contributed by atoms with Gasteiger partial charge in [0.1, 0.15) is 5.75 Å². The quantitative estimate of drug-likeness (QED) is 0.742. The molecule has 2 N–H and O–H groups in total. The number of likely N-dealkylation sites (N-methyl/N-ethyl adjacent to an activating group) is 1. The molecule has 1 aromatic rings. The van der Waals surface area contributed by atoms with Gasteiger partial charge in [0, 0.05) is 32.2 Å². The van der Waals surface area contributed by atoms with Crippen LogP contribution in [0.4, 0.5) is 0 Å². The van der Waals surface area contributed by atoms with Gasteiger partial charge in [0.25, 0.3) is 0 Å². The fraction of sp³-hybridized carbons (Fsp3) is 0.600. The zero-order valence-corrected chi connectivity index (χ0v) is 12.0. The minimum Gasteiger partial charge on any atom is -0.497 e. The van der Waals surface area contributed by atoms with Crippen molar-refractivity contribution >= 4 is 0 Å². The van der Waals surface area contributed by atoms with Gasteiger partial charge < -0.3 is 15.4 Å². The molecule has 2 rings (SSSR count). The molecule has 0 aromatic heterocycles. The Morgan fingerprint density at radius 2 is 2.16 bits per heavy atom. The molecular weight excluding hydrogens is 238 g/mol. The van der Waals surface area contributed by atoms with E-state index in [4.69, 9.17) is 4.74 Å². The van der Waals surface area contributed by atoms with Crippen molar-refractivity contribution in [1.29, 1.82) is 0 Å². The van der Waals surface area contributed by atoms with Crippen molar-refractivity contribution in [3.63, 3.8) is 0 Å². The number of methoxy groups -OCH3 is 1. The zero-order valence-electron chi connectivity index (χ0n) is 12.0. The summed E-state index contributed by atoms with van der Waals surface area (Å²) in [6.45, 7) is 5.42. The summed E-state index contributed by atoms with van der Waals surface area (Å²) in [5.74, 6) is 0.923. The summed E-state index contributed by atoms with van der Waals surface area (Å²) in [4.78, 5) is 2.43. The lowest BCUT2D eigenvalue weighted by Gasteiger charge is -2.33. The van der Waals surface area contributed by atoms with Crippen LogP contribution in [0.25, 0.3) is 0 Å². The Labute approximate surface area is 116 Å². The van der Waals surface area contributed by atoms with Crippen molar-refractivity contribution < 1.29 is 4.74 Å². The largest absolute Gasteiger partial charge is 0.497 e. The Bertz CT molecular complexity index is 366. The van der Waals surface area contributed by atoms with Crippen molar-refractivity contribution in [2.75, 3.05) is 46.9 Å². The zero-order chi connectivity index (χ0) is 13.5. The topological polar surface area (TPSA) is 36.5 Å². The molecule has 0 amide bonds. The minimum atomic E-state index is 0.615. The molecule has 1 atom stereocenters. The van der Waals surface area contributed by atoms with Gasteiger partial charge in [0.2, 0.25) is 0 Å². The van der Waals surface area contributed by atoms with Crippen LogP contribution < -0.4 is 15.4 Å². The van der Waals surface area contributed by atoms with E-state index in [1.807, 2.05) is 12.1 Å². The van der Waals surface area contributed by atoms with Crippen LogP contribution in [0.3, 0.4) is 0 Å². The van der Waals surface area contributed by atoms with Crippen LogP contribution in [0.5, 0.6) is 5.75 Å². The third kappa shape index (κ3) is 4.49. The fourth-order valence-electron chi connectivity index (χ4n) is 2.38. The van der Waals surface area contributed by atoms with Crippen LogP contribution in [0, 0.1) is 0 Å². The van der Waals surface area contributed by atoms with Gasteiger partial charge in [-0.15, -0.1) is 0 Å². The second-order valence-electron chi connectivity index (χ2n) is 5.14. The molecule has 0 bridgehead atoms. The van der Waals surface area contributed by atoms with Crippen molar-refractivity contribution in [1.82, 2.24) is 15.5 Å². The molecule has 0 spiro atoms. The second kappa shape index (κ2) is 7.48. The molecule has 4 heteroatoms. The van der Waals surface area contributed by atoms with E-state index in [0.29, 0.717) is 6.04 Å². The van der Waals surface area contributed by atoms with Crippen molar-refractivity contribution in [2.45, 2.75) is 12.5 Å². The Kier molecular flexibility index (Phi) is 5.63. The molecule has 1 fully saturated rings. The van der Waals surface area contributed by atoms with Gasteiger partial charge in [-0.1, -0.05) is 12.1 Å². The number of benzene rings is 1. The lowest BCUT2D eigenvalue weighted by Crippen LogP contribution is -2.53. The maximum Gasteiger partial charge on any atom is 0.118 e. The predicted octanol–water partition coefficient (Wildman–Crippen LogP) is 0.731. The smallest absolute Gasteiger partial charge is 0.118 e. The van der Waals surface area contributed by atoms with Crippen molar-refractivity contribution in [3.05, 3.63) is 29.8 Å². The number of nitrogens with one attached hydrogen (secondary N) is 2. The van der Waals surface area contributed by atoms with Gasteiger partial charge in [-0.2, -0.15) is 0 Å². The second-order valence-corrected chi connectivity index (χ2v) is 5.14. The molecule has 19 heavy (non-hydrogen) atoms. The first-order valence-corrected chi connectivity index (χ1v) is 7.04. The lowest BCUT2D eigenvalue weighted by atomic mass is 10.1. The summed E-state index contributed by atoms with van der Waals surface area (Å²) in [6.07, 6.45) is 1.06. The molecule has 1 aromatic carbocycles. The van der Waals surface area contributed by atoms with Crippen molar-refractivity contribution in [3.8, 4) is 5.75 Å². The fourth-order valence-corrected chi connectivity index (χ4v) is 2.38. The van der Waals surface area contributed by atoms with E-state index in [2.05, 4.69) is 34.7 Å². The highest BCUT2D eigenvalue weighted by atomic mass is 16.5. The number of hydrogen-bond acceptors (Lipinski definition) is 4. The molecular formula is C15H25N3O. The van der Waals surface area contributed by atoms with Gasteiger partial charge in [-0.05, 0) is 37.7 Å². The Hall–Kier alpha value is -1.10. The van der Waals surface area contributed by atoms with Gasteiger partial charge >= 0.3 is 0 Å². The van der Waals surface area contributed by atoms with E-state index in [1.54, 1.807) is 7.11 Å². The van der Waals surface area contributed by atoms with Crippen LogP contribution in [0.15, 0.2) is 24.3 Å². The highest BCUT2D eigenvalue weighted by molar-refractivity contribution is 5.27. The average molecular weight is 263 g/mol. The molecule has 1 saturated heterocycles. The summed E-state index contributed by atoms with van der Waals surface area (Å²) >= 11 is 0. The predicted molar refractivity (Wildman–Crippen MR) is 78.9 cm³/mol. The third-order valence-electron chi connectivity index (χ3n) is 3.77. The van der Waals surface area contributed by atoms with E-state index in [0.717, 1.165) is 44.9 Å². The number of rotatable bonds is 6. The summed E-state index contributed by atoms with van der Waals surface area (Å²) in [5.41, 5.74) is 1.35. The Balaban J connectivity index is 1.65. The van der Waals surface area contributed by atoms with E-state index in [9.17, 15) is 0 Å². The van der Waals surface area contributed by atoms with Gasteiger partial charge in [-0.25, -0.2) is 0 Å². The highest BCUT2D eigenvalue weighted by Gasteiger charge is 2.17. The van der Waals surface area contributed by atoms with E-state index >= 15 is 0 Å². The van der Waals surface area contributed by atoms with E-state index in [1.165, 1.54) is 5.56 Å². The van der Waals surface area contributed by atoms with Gasteiger partial charge in [-0.3, -0.25) is 4.90 Å². The van der Waals surface area contributed by atoms with Crippen LogP contribution >= 0.6 is 0 Å². The first-order chi connectivity index (χ1) is 9.29. The highest BCUT2D eigenvalue weighted by Crippen LogP contribution is 2.11. The Morgan fingerprint density at radius 3 is 2.84 bits per heavy atom. The number of ether oxygens (including phenoxy) is 1. The molecule has 1 unspecified atom stereocenters. The van der Waals surface area contributed by atoms with E-state index in [-0.39, 0.29) is 0 Å². The molecule has 106 valence electrons. The first-order valence-electron chi connectivity index (χ1n) is 7.04. The first kappa shape index (κ1) is 14.3. The molecule has 1 heterocycles. The SMILES string of the molecule is COc1ccc(CCNCC2CNCCN2C)cc1. The summed E-state index contributed by atoms with van der Waals surface area (Å²) in [5, 5.41) is 6.99. The molecule has 0 saturated carbocycles. The molecule has 4 nitrogen and oxygen atoms in total. The molecule has 1 aliphatic rings. The number of piperazine rings is 1. The number of nitrogens with zero attached hydrogens (tertiary/aromatic N) is 1. The van der Waals surface area contributed by atoms with Crippen LogP contribution in [-0.2, 0) is 6.42 Å². The van der Waals surface area contributed by atoms with Crippen LogP contribution in [0.2, 0.25) is 0 Å². The minimum absolute atomic E-state index is 0.615. The van der Waals surface area contributed by atoms with E-state index < -0.39 is 0 Å². The van der Waals surface area contributed by atoms with Crippen molar-refractivity contribution in [2.24, 2.45) is 0 Å². The average Bonchev–Trinajstić information content (AvgIpc) is 2.46. The third-order valence-corrected chi connectivity index (χ3v) is 3.77. The summed E-state index contributed by atoms with van der Waals surface area (Å²) in [7, 11) is 3.90. The Morgan fingerprint density at radius 1 is 1.37 bits per heavy atom.